The number of rotatable bonds is 1. The Morgan fingerprint density at radius 2 is 2.14 bits per heavy atom. The van der Waals surface area contributed by atoms with E-state index in [1.54, 1.807) is 0 Å². The van der Waals surface area contributed by atoms with Gasteiger partial charge in [0.2, 0.25) is 0 Å². The minimum absolute atomic E-state index is 0.111. The molecule has 0 aliphatic heterocycles. The fourth-order valence-electron chi connectivity index (χ4n) is 0.0745. The second kappa shape index (κ2) is 2.12. The summed E-state index contributed by atoms with van der Waals surface area (Å²) in [6.07, 6.45) is 0.586. The Balaban J connectivity index is 3.82. The van der Waals surface area contributed by atoms with E-state index < -0.39 is 0 Å². The highest BCUT2D eigenvalue weighted by Crippen LogP contribution is 1.90. The van der Waals surface area contributed by atoms with E-state index in [1.807, 2.05) is 0 Å². The largest absolute Gasteiger partial charge is 0.513 e. The fourth-order valence-corrected chi connectivity index (χ4v) is 0.0745. The van der Waals surface area contributed by atoms with Gasteiger partial charge in [-0.05, 0) is 0 Å². The van der Waals surface area contributed by atoms with Crippen molar-refractivity contribution in [1.82, 2.24) is 0 Å². The van der Waals surface area contributed by atoms with Crippen LogP contribution < -0.4 is 5.73 Å². The Bertz CT molecular complexity index is 106. The van der Waals surface area contributed by atoms with Gasteiger partial charge in [0, 0.05) is 0 Å². The molecule has 0 rings (SSSR count). The van der Waals surface area contributed by atoms with E-state index >= 15 is 0 Å². The molecule has 0 heterocycles. The maximum Gasteiger partial charge on any atom is 0.134 e. The molecule has 40 valence electrons. The monoisotopic (exact) mass is 101 g/mol. The standard InChI is InChI=1S/C4H7NO2/c1-3(7)4(5)2-6/h2,6-7H,1,5H2/b4-2-. The molecule has 0 spiro atoms. The first-order valence-corrected chi connectivity index (χ1v) is 1.66. The summed E-state index contributed by atoms with van der Waals surface area (Å²) in [6.45, 7) is 3.03. The number of hydrogen-bond donors (Lipinski definition) is 3. The van der Waals surface area contributed by atoms with Crippen molar-refractivity contribution in [3.05, 3.63) is 24.3 Å². The Morgan fingerprint density at radius 3 is 2.14 bits per heavy atom. The number of aliphatic hydroxyl groups is 2. The maximum atomic E-state index is 8.27. The number of aliphatic hydroxyl groups excluding tert-OH is 2. The second-order valence-corrected chi connectivity index (χ2v) is 1.03. The molecule has 0 radical (unpaired) electrons. The molecule has 0 saturated heterocycles. The molecule has 0 aromatic carbocycles. The lowest BCUT2D eigenvalue weighted by Crippen LogP contribution is -1.98. The first-order chi connectivity index (χ1) is 3.18. The third kappa shape index (κ3) is 1.70. The van der Waals surface area contributed by atoms with Crippen molar-refractivity contribution in [2.45, 2.75) is 0 Å². The lowest BCUT2D eigenvalue weighted by Gasteiger charge is -1.90. The average Bonchev–Trinajstić information content (AvgIpc) is 1.65. The van der Waals surface area contributed by atoms with Crippen LogP contribution in [0.4, 0.5) is 0 Å². The average molecular weight is 101 g/mol. The van der Waals surface area contributed by atoms with Crippen molar-refractivity contribution in [3.8, 4) is 0 Å². The molecule has 7 heavy (non-hydrogen) atoms. The van der Waals surface area contributed by atoms with Crippen LogP contribution >= 0.6 is 0 Å². The predicted octanol–water partition coefficient (Wildman–Crippen LogP) is 0.416. The van der Waals surface area contributed by atoms with Crippen LogP contribution in [0.15, 0.2) is 24.3 Å². The van der Waals surface area contributed by atoms with Crippen molar-refractivity contribution in [3.63, 3.8) is 0 Å². The van der Waals surface area contributed by atoms with Crippen molar-refractivity contribution < 1.29 is 10.2 Å². The minimum Gasteiger partial charge on any atom is -0.513 e. The van der Waals surface area contributed by atoms with Gasteiger partial charge in [-0.25, -0.2) is 0 Å². The molecule has 0 aliphatic carbocycles. The Morgan fingerprint density at radius 1 is 1.71 bits per heavy atom. The van der Waals surface area contributed by atoms with Crippen molar-refractivity contribution >= 4 is 0 Å². The molecule has 0 aromatic heterocycles. The molecule has 0 amide bonds. The lowest BCUT2D eigenvalue weighted by molar-refractivity contribution is 0.409. The van der Waals surface area contributed by atoms with E-state index in [1.165, 1.54) is 0 Å². The fraction of sp³-hybridized carbons (Fsp3) is 0. The maximum absolute atomic E-state index is 8.27. The van der Waals surface area contributed by atoms with Gasteiger partial charge in [0.15, 0.2) is 0 Å². The van der Waals surface area contributed by atoms with Gasteiger partial charge >= 0.3 is 0 Å². The van der Waals surface area contributed by atoms with E-state index in [9.17, 15) is 0 Å². The number of hydrogen-bond acceptors (Lipinski definition) is 3. The van der Waals surface area contributed by atoms with Crippen LogP contribution in [0.1, 0.15) is 0 Å². The summed E-state index contributed by atoms with van der Waals surface area (Å²) < 4.78 is 0. The first-order valence-electron chi connectivity index (χ1n) is 1.66. The predicted molar refractivity (Wildman–Crippen MR) is 26.7 cm³/mol. The lowest BCUT2D eigenvalue weighted by atomic mass is 10.4. The van der Waals surface area contributed by atoms with Gasteiger partial charge in [-0.1, -0.05) is 6.58 Å². The summed E-state index contributed by atoms with van der Waals surface area (Å²) in [5.74, 6) is -0.317. The van der Waals surface area contributed by atoms with Crippen LogP contribution in [0.5, 0.6) is 0 Å². The zero-order chi connectivity index (χ0) is 5.86. The first kappa shape index (κ1) is 5.88. The molecule has 4 N–H and O–H groups in total. The zero-order valence-electron chi connectivity index (χ0n) is 3.76. The van der Waals surface area contributed by atoms with Gasteiger partial charge in [0.1, 0.15) is 17.7 Å². The zero-order valence-corrected chi connectivity index (χ0v) is 3.76. The summed E-state index contributed by atoms with van der Waals surface area (Å²) in [5.41, 5.74) is 4.77. The van der Waals surface area contributed by atoms with Crippen LogP contribution in [0.25, 0.3) is 0 Å². The number of nitrogens with two attached hydrogens (primary N) is 1. The molecule has 0 unspecified atom stereocenters. The van der Waals surface area contributed by atoms with E-state index in [2.05, 4.69) is 6.58 Å². The summed E-state index contributed by atoms with van der Waals surface area (Å²) in [5, 5.41) is 16.3. The van der Waals surface area contributed by atoms with Crippen molar-refractivity contribution in [2.75, 3.05) is 0 Å². The summed E-state index contributed by atoms with van der Waals surface area (Å²) in [4.78, 5) is 0. The van der Waals surface area contributed by atoms with Gasteiger partial charge in [0.05, 0.1) is 0 Å². The summed E-state index contributed by atoms with van der Waals surface area (Å²) in [6, 6.07) is 0. The van der Waals surface area contributed by atoms with Crippen LogP contribution in [0.3, 0.4) is 0 Å². The molecule has 3 nitrogen and oxygen atoms in total. The SMILES string of the molecule is C=C(O)/C(N)=C/O. The van der Waals surface area contributed by atoms with Crippen molar-refractivity contribution in [2.24, 2.45) is 5.73 Å². The third-order valence-electron chi connectivity index (χ3n) is 0.472. The van der Waals surface area contributed by atoms with Crippen molar-refractivity contribution in [1.29, 1.82) is 0 Å². The van der Waals surface area contributed by atoms with Crippen LogP contribution in [0.2, 0.25) is 0 Å². The molecule has 0 aliphatic rings. The smallest absolute Gasteiger partial charge is 0.134 e. The van der Waals surface area contributed by atoms with Gasteiger partial charge in [0.25, 0.3) is 0 Å². The normalized spacial score (nSPS) is 11.1. The van der Waals surface area contributed by atoms with E-state index in [0.29, 0.717) is 6.26 Å². The molecule has 0 bridgehead atoms. The van der Waals surface area contributed by atoms with Crippen LogP contribution in [-0.2, 0) is 0 Å². The topological polar surface area (TPSA) is 66.5 Å². The van der Waals surface area contributed by atoms with Crippen LogP contribution in [-0.4, -0.2) is 10.2 Å². The highest BCUT2D eigenvalue weighted by molar-refractivity contribution is 5.14. The Kier molecular flexibility index (Phi) is 1.78. The second-order valence-electron chi connectivity index (χ2n) is 1.03. The van der Waals surface area contributed by atoms with Gasteiger partial charge in [-0.15, -0.1) is 0 Å². The van der Waals surface area contributed by atoms with Gasteiger partial charge in [-0.2, -0.15) is 0 Å². The van der Waals surface area contributed by atoms with E-state index in [0.717, 1.165) is 0 Å². The molecule has 0 fully saturated rings. The molecule has 0 saturated carbocycles. The molecule has 0 atom stereocenters. The molecular weight excluding hydrogens is 94.0 g/mol. The summed E-state index contributed by atoms with van der Waals surface area (Å²) in [7, 11) is 0. The molecular formula is C4H7NO2. The highest BCUT2D eigenvalue weighted by atomic mass is 16.3. The molecule has 3 heteroatoms. The van der Waals surface area contributed by atoms with Gasteiger partial charge in [-0.3, -0.25) is 0 Å². The Labute approximate surface area is 41.4 Å². The quantitative estimate of drug-likeness (QED) is 0.331. The summed E-state index contributed by atoms with van der Waals surface area (Å²) >= 11 is 0. The van der Waals surface area contributed by atoms with E-state index in [-0.39, 0.29) is 11.5 Å². The van der Waals surface area contributed by atoms with E-state index in [4.69, 9.17) is 15.9 Å². The molecule has 0 aromatic rings. The van der Waals surface area contributed by atoms with Crippen LogP contribution in [0, 0.1) is 0 Å². The minimum atomic E-state index is -0.317. The highest BCUT2D eigenvalue weighted by Gasteiger charge is 1.87. The third-order valence-corrected chi connectivity index (χ3v) is 0.472. The van der Waals surface area contributed by atoms with Gasteiger partial charge < -0.3 is 15.9 Å². The Hall–Kier alpha value is -1.12.